The van der Waals surface area contributed by atoms with Gasteiger partial charge in [-0.2, -0.15) is 0 Å². The van der Waals surface area contributed by atoms with Crippen molar-refractivity contribution in [2.24, 2.45) is 0 Å². The molecular weight excluding hydrogens is 320 g/mol. The molecule has 0 radical (unpaired) electrons. The fourth-order valence-electron chi connectivity index (χ4n) is 1.98. The minimum atomic E-state index is -0.226. The van der Waals surface area contributed by atoms with E-state index in [1.807, 2.05) is 30.3 Å². The maximum atomic E-state index is 12.0. The third-order valence-corrected chi connectivity index (χ3v) is 4.70. The first-order valence-electron chi connectivity index (χ1n) is 7.05. The first kappa shape index (κ1) is 15.1. The lowest BCUT2D eigenvalue weighted by molar-refractivity contribution is -0.120. The van der Waals surface area contributed by atoms with Crippen LogP contribution in [0.5, 0.6) is 0 Å². The molecule has 114 valence electrons. The van der Waals surface area contributed by atoms with Crippen LogP contribution in [0, 0.1) is 0 Å². The average Bonchev–Trinajstić information content (AvgIpc) is 3.18. The third kappa shape index (κ3) is 3.87. The van der Waals surface area contributed by atoms with Crippen LogP contribution in [0.2, 0.25) is 5.02 Å². The molecule has 1 aliphatic carbocycles. The normalized spacial score (nSPS) is 13.7. The van der Waals surface area contributed by atoms with E-state index in [1.54, 1.807) is 6.07 Å². The Bertz CT molecular complexity index is 692. The van der Waals surface area contributed by atoms with Crippen LogP contribution < -0.4 is 10.6 Å². The Hall–Kier alpha value is -1.85. The lowest BCUT2D eigenvalue weighted by Crippen LogP contribution is -2.37. The standard InChI is InChI=1S/C16H15ClN2O2S/c17-11-3-1-10(2-4-11)13-7-8-14(22-13)16(21)18-9-15(20)19-12-5-6-12/h1-4,7-8,12H,5-6,9H2,(H,18,21)(H,19,20). The van der Waals surface area contributed by atoms with E-state index in [0.29, 0.717) is 15.9 Å². The van der Waals surface area contributed by atoms with Crippen molar-refractivity contribution in [3.05, 3.63) is 46.3 Å². The van der Waals surface area contributed by atoms with Crippen LogP contribution in [-0.4, -0.2) is 24.4 Å². The number of nitrogens with one attached hydrogen (secondary N) is 2. The number of hydrogen-bond acceptors (Lipinski definition) is 3. The molecular formula is C16H15ClN2O2S. The zero-order valence-electron chi connectivity index (χ0n) is 11.8. The number of carbonyl (C=O) groups is 2. The number of hydrogen-bond donors (Lipinski definition) is 2. The molecule has 0 spiro atoms. The maximum absolute atomic E-state index is 12.0. The summed E-state index contributed by atoms with van der Waals surface area (Å²) in [5, 5.41) is 6.16. The van der Waals surface area contributed by atoms with Crippen molar-refractivity contribution >= 4 is 34.8 Å². The van der Waals surface area contributed by atoms with Crippen molar-refractivity contribution in [2.75, 3.05) is 6.54 Å². The summed E-state index contributed by atoms with van der Waals surface area (Å²) < 4.78 is 0. The first-order chi connectivity index (χ1) is 10.6. The molecule has 1 heterocycles. The van der Waals surface area contributed by atoms with Gasteiger partial charge in [0.05, 0.1) is 11.4 Å². The molecule has 0 atom stereocenters. The Morgan fingerprint density at radius 3 is 2.55 bits per heavy atom. The van der Waals surface area contributed by atoms with Gasteiger partial charge in [0.25, 0.3) is 5.91 Å². The second-order valence-electron chi connectivity index (χ2n) is 5.20. The summed E-state index contributed by atoms with van der Waals surface area (Å²) in [6.45, 7) is 0.0174. The molecule has 0 unspecified atom stereocenters. The van der Waals surface area contributed by atoms with Crippen LogP contribution in [0.1, 0.15) is 22.5 Å². The Morgan fingerprint density at radius 2 is 1.86 bits per heavy atom. The predicted molar refractivity (Wildman–Crippen MR) is 88.3 cm³/mol. The van der Waals surface area contributed by atoms with Gasteiger partial charge < -0.3 is 10.6 Å². The molecule has 2 amide bonds. The van der Waals surface area contributed by atoms with Crippen molar-refractivity contribution in [3.63, 3.8) is 0 Å². The van der Waals surface area contributed by atoms with E-state index in [9.17, 15) is 9.59 Å². The molecule has 0 bridgehead atoms. The fourth-order valence-corrected chi connectivity index (χ4v) is 3.04. The molecule has 1 aromatic heterocycles. The molecule has 6 heteroatoms. The highest BCUT2D eigenvalue weighted by Crippen LogP contribution is 2.29. The van der Waals surface area contributed by atoms with Gasteiger partial charge in [0.15, 0.2) is 0 Å². The van der Waals surface area contributed by atoms with Gasteiger partial charge in [-0.3, -0.25) is 9.59 Å². The van der Waals surface area contributed by atoms with Crippen LogP contribution >= 0.6 is 22.9 Å². The van der Waals surface area contributed by atoms with Crippen LogP contribution in [0.4, 0.5) is 0 Å². The second-order valence-corrected chi connectivity index (χ2v) is 6.72. The Labute approximate surface area is 137 Å². The van der Waals surface area contributed by atoms with E-state index in [-0.39, 0.29) is 18.4 Å². The molecule has 2 N–H and O–H groups in total. The minimum absolute atomic E-state index is 0.0174. The highest BCUT2D eigenvalue weighted by Gasteiger charge is 2.23. The number of thiophene rings is 1. The van der Waals surface area contributed by atoms with Gasteiger partial charge in [0.1, 0.15) is 0 Å². The number of amides is 2. The van der Waals surface area contributed by atoms with Gasteiger partial charge in [0.2, 0.25) is 5.91 Å². The third-order valence-electron chi connectivity index (χ3n) is 3.31. The van der Waals surface area contributed by atoms with Gasteiger partial charge in [-0.05, 0) is 42.7 Å². The average molecular weight is 335 g/mol. The first-order valence-corrected chi connectivity index (χ1v) is 8.24. The van der Waals surface area contributed by atoms with Crippen LogP contribution in [-0.2, 0) is 4.79 Å². The van der Waals surface area contributed by atoms with Gasteiger partial charge in [0, 0.05) is 15.9 Å². The van der Waals surface area contributed by atoms with Gasteiger partial charge in [-0.25, -0.2) is 0 Å². The lowest BCUT2D eigenvalue weighted by atomic mass is 10.2. The second kappa shape index (κ2) is 6.50. The molecule has 22 heavy (non-hydrogen) atoms. The van der Waals surface area contributed by atoms with E-state index < -0.39 is 0 Å². The Morgan fingerprint density at radius 1 is 1.14 bits per heavy atom. The molecule has 1 aliphatic rings. The number of benzene rings is 1. The van der Waals surface area contributed by atoms with Crippen molar-refractivity contribution in [2.45, 2.75) is 18.9 Å². The van der Waals surface area contributed by atoms with Crippen molar-refractivity contribution < 1.29 is 9.59 Å². The molecule has 0 aliphatic heterocycles. The SMILES string of the molecule is O=C(CNC(=O)c1ccc(-c2ccc(Cl)cc2)s1)NC1CC1. The van der Waals surface area contributed by atoms with Crippen LogP contribution in [0.15, 0.2) is 36.4 Å². The highest BCUT2D eigenvalue weighted by atomic mass is 35.5. The smallest absolute Gasteiger partial charge is 0.261 e. The quantitative estimate of drug-likeness (QED) is 0.882. The molecule has 1 saturated carbocycles. The summed E-state index contributed by atoms with van der Waals surface area (Å²) >= 11 is 7.26. The predicted octanol–water partition coefficient (Wildman–Crippen LogP) is 3.08. The summed E-state index contributed by atoms with van der Waals surface area (Å²) in [6, 6.07) is 11.4. The lowest BCUT2D eigenvalue weighted by Gasteiger charge is -2.04. The zero-order valence-corrected chi connectivity index (χ0v) is 13.3. The monoisotopic (exact) mass is 334 g/mol. The maximum Gasteiger partial charge on any atom is 0.261 e. The number of rotatable bonds is 5. The zero-order chi connectivity index (χ0) is 15.5. The van der Waals surface area contributed by atoms with Crippen LogP contribution in [0.25, 0.3) is 10.4 Å². The topological polar surface area (TPSA) is 58.2 Å². The summed E-state index contributed by atoms with van der Waals surface area (Å²) in [4.78, 5) is 25.2. The van der Waals surface area contributed by atoms with E-state index in [4.69, 9.17) is 11.6 Å². The molecule has 4 nitrogen and oxygen atoms in total. The van der Waals surface area contributed by atoms with E-state index in [1.165, 1.54) is 11.3 Å². The molecule has 2 aromatic rings. The van der Waals surface area contributed by atoms with Gasteiger partial charge in [-0.1, -0.05) is 23.7 Å². The van der Waals surface area contributed by atoms with E-state index in [0.717, 1.165) is 23.3 Å². The fraction of sp³-hybridized carbons (Fsp3) is 0.250. The number of halogens is 1. The van der Waals surface area contributed by atoms with Gasteiger partial charge >= 0.3 is 0 Å². The minimum Gasteiger partial charge on any atom is -0.352 e. The van der Waals surface area contributed by atoms with Crippen molar-refractivity contribution in [3.8, 4) is 10.4 Å². The molecule has 0 saturated heterocycles. The van der Waals surface area contributed by atoms with Crippen molar-refractivity contribution in [1.82, 2.24) is 10.6 Å². The highest BCUT2D eigenvalue weighted by molar-refractivity contribution is 7.17. The Kier molecular flexibility index (Phi) is 4.45. The summed E-state index contributed by atoms with van der Waals surface area (Å²) in [6.07, 6.45) is 2.07. The summed E-state index contributed by atoms with van der Waals surface area (Å²) in [7, 11) is 0. The van der Waals surface area contributed by atoms with Gasteiger partial charge in [-0.15, -0.1) is 11.3 Å². The summed E-state index contributed by atoms with van der Waals surface area (Å²) in [5.41, 5.74) is 1.01. The van der Waals surface area contributed by atoms with Crippen molar-refractivity contribution in [1.29, 1.82) is 0 Å². The largest absolute Gasteiger partial charge is 0.352 e. The molecule has 3 rings (SSSR count). The van der Waals surface area contributed by atoms with E-state index in [2.05, 4.69) is 10.6 Å². The Balaban J connectivity index is 1.58. The van der Waals surface area contributed by atoms with Crippen LogP contribution in [0.3, 0.4) is 0 Å². The van der Waals surface area contributed by atoms with E-state index >= 15 is 0 Å². The molecule has 1 fully saturated rings. The number of carbonyl (C=O) groups excluding carboxylic acids is 2. The summed E-state index contributed by atoms with van der Waals surface area (Å²) in [5.74, 6) is -0.360. The molecule has 1 aromatic carbocycles.